The Bertz CT molecular complexity index is 583. The van der Waals surface area contributed by atoms with Crippen LogP contribution >= 0.6 is 24.0 Å². The number of unbranched alkanes of at least 4 members (excludes halogenated alkanes) is 1. The fourth-order valence-electron chi connectivity index (χ4n) is 2.37. The van der Waals surface area contributed by atoms with Gasteiger partial charge in [-0.1, -0.05) is 0 Å². The van der Waals surface area contributed by atoms with Gasteiger partial charge in [-0.3, -0.25) is 4.99 Å². The fourth-order valence-corrected chi connectivity index (χ4v) is 2.37. The average Bonchev–Trinajstić information content (AvgIpc) is 2.97. The molecule has 0 atom stereocenters. The molecule has 1 heterocycles. The molecule has 9 heteroatoms. The monoisotopic (exact) mass is 508 g/mol. The van der Waals surface area contributed by atoms with Crippen LogP contribution in [0.3, 0.4) is 0 Å². The molecule has 0 aliphatic rings. The normalized spacial score (nSPS) is 11.5. The number of carbonyl (C=O) groups is 1. The minimum atomic E-state index is -0.471. The van der Waals surface area contributed by atoms with E-state index in [1.165, 1.54) is 0 Å². The second-order valence-electron chi connectivity index (χ2n) is 7.34. The van der Waals surface area contributed by atoms with E-state index in [9.17, 15) is 4.79 Å². The molecule has 0 spiro atoms. The molecular formula is C19H37IN6O2. The van der Waals surface area contributed by atoms with Crippen LogP contribution in [0.5, 0.6) is 0 Å². The van der Waals surface area contributed by atoms with Crippen LogP contribution in [0.1, 0.15) is 52.8 Å². The first kappa shape index (κ1) is 26.5. The summed E-state index contributed by atoms with van der Waals surface area (Å²) in [6, 6.07) is 0. The van der Waals surface area contributed by atoms with E-state index in [2.05, 4.69) is 30.5 Å². The van der Waals surface area contributed by atoms with E-state index in [1.54, 1.807) is 0 Å². The predicted octanol–water partition coefficient (Wildman–Crippen LogP) is 3.06. The van der Waals surface area contributed by atoms with Crippen LogP contribution in [0, 0.1) is 6.92 Å². The van der Waals surface area contributed by atoms with Crippen molar-refractivity contribution in [3.05, 3.63) is 18.2 Å². The van der Waals surface area contributed by atoms with E-state index in [-0.39, 0.29) is 30.1 Å². The zero-order valence-corrected chi connectivity index (χ0v) is 20.2. The highest BCUT2D eigenvalue weighted by molar-refractivity contribution is 14.0. The molecule has 0 fully saturated rings. The number of halogens is 1. The summed E-state index contributed by atoms with van der Waals surface area (Å²) >= 11 is 0. The number of rotatable bonds is 10. The molecule has 0 aromatic carbocycles. The number of nitrogens with one attached hydrogen (secondary N) is 3. The summed E-state index contributed by atoms with van der Waals surface area (Å²) in [5.41, 5.74) is -0.471. The number of ether oxygens (including phenoxy) is 1. The van der Waals surface area contributed by atoms with Gasteiger partial charge in [-0.2, -0.15) is 0 Å². The van der Waals surface area contributed by atoms with Crippen molar-refractivity contribution in [3.8, 4) is 0 Å². The maximum atomic E-state index is 11.6. The minimum absolute atomic E-state index is 0. The van der Waals surface area contributed by atoms with Gasteiger partial charge < -0.3 is 25.3 Å². The van der Waals surface area contributed by atoms with Crippen LogP contribution in [0.15, 0.2) is 17.4 Å². The number of amides is 1. The molecule has 0 bridgehead atoms. The molecule has 1 aromatic heterocycles. The van der Waals surface area contributed by atoms with Gasteiger partial charge in [0.2, 0.25) is 0 Å². The zero-order valence-electron chi connectivity index (χ0n) is 17.9. The highest BCUT2D eigenvalue weighted by atomic mass is 127. The fraction of sp³-hybridized carbons (Fsp3) is 0.737. The van der Waals surface area contributed by atoms with Gasteiger partial charge in [-0.15, -0.1) is 24.0 Å². The molecule has 1 amide bonds. The summed E-state index contributed by atoms with van der Waals surface area (Å²) in [5.74, 6) is 1.87. The number of aliphatic imine (C=N–C) groups is 1. The Kier molecular flexibility index (Phi) is 13.7. The first-order valence-electron chi connectivity index (χ1n) is 9.78. The third kappa shape index (κ3) is 12.8. The molecule has 0 radical (unpaired) electrons. The Morgan fingerprint density at radius 2 is 1.89 bits per heavy atom. The number of hydrogen-bond donors (Lipinski definition) is 3. The highest BCUT2D eigenvalue weighted by Gasteiger charge is 2.15. The van der Waals surface area contributed by atoms with Gasteiger partial charge >= 0.3 is 6.09 Å². The molecule has 0 saturated heterocycles. The lowest BCUT2D eigenvalue weighted by Gasteiger charge is -2.19. The Labute approximate surface area is 186 Å². The van der Waals surface area contributed by atoms with Gasteiger partial charge in [0.15, 0.2) is 5.96 Å². The lowest BCUT2D eigenvalue weighted by molar-refractivity contribution is 0.0527. The average molecular weight is 508 g/mol. The second kappa shape index (κ2) is 14.5. The van der Waals surface area contributed by atoms with Crippen molar-refractivity contribution in [3.63, 3.8) is 0 Å². The molecular weight excluding hydrogens is 471 g/mol. The summed E-state index contributed by atoms with van der Waals surface area (Å²) in [5, 5.41) is 9.33. The lowest BCUT2D eigenvalue weighted by atomic mass is 10.2. The minimum Gasteiger partial charge on any atom is -0.444 e. The van der Waals surface area contributed by atoms with Crippen molar-refractivity contribution >= 4 is 36.0 Å². The van der Waals surface area contributed by atoms with Crippen molar-refractivity contribution in [1.82, 2.24) is 25.5 Å². The van der Waals surface area contributed by atoms with Crippen LogP contribution < -0.4 is 16.0 Å². The van der Waals surface area contributed by atoms with Crippen molar-refractivity contribution < 1.29 is 9.53 Å². The Morgan fingerprint density at radius 1 is 1.18 bits per heavy atom. The van der Waals surface area contributed by atoms with Crippen LogP contribution in [-0.2, 0) is 11.3 Å². The molecule has 3 N–H and O–H groups in total. The van der Waals surface area contributed by atoms with E-state index in [4.69, 9.17) is 4.74 Å². The number of alkyl carbamates (subject to hydrolysis) is 1. The van der Waals surface area contributed by atoms with Crippen LogP contribution in [0.4, 0.5) is 4.79 Å². The largest absolute Gasteiger partial charge is 0.444 e. The number of carbonyl (C=O) groups excluding carboxylic acids is 1. The molecule has 0 aliphatic carbocycles. The Hall–Kier alpha value is -1.52. The third-order valence-electron chi connectivity index (χ3n) is 3.66. The highest BCUT2D eigenvalue weighted by Crippen LogP contribution is 2.06. The van der Waals surface area contributed by atoms with Crippen molar-refractivity contribution in [2.45, 2.75) is 66.0 Å². The Morgan fingerprint density at radius 3 is 2.50 bits per heavy atom. The van der Waals surface area contributed by atoms with Gasteiger partial charge in [0.25, 0.3) is 0 Å². The molecule has 1 aromatic rings. The smallest absolute Gasteiger partial charge is 0.407 e. The van der Waals surface area contributed by atoms with Gasteiger partial charge in [-0.05, 0) is 53.9 Å². The number of hydrogen-bond acceptors (Lipinski definition) is 4. The van der Waals surface area contributed by atoms with E-state index < -0.39 is 5.60 Å². The van der Waals surface area contributed by atoms with E-state index in [0.717, 1.165) is 50.7 Å². The zero-order chi connectivity index (χ0) is 20.1. The second-order valence-corrected chi connectivity index (χ2v) is 7.34. The number of guanidine groups is 1. The first-order chi connectivity index (χ1) is 12.8. The maximum Gasteiger partial charge on any atom is 0.407 e. The van der Waals surface area contributed by atoms with Gasteiger partial charge in [0.05, 0.1) is 0 Å². The van der Waals surface area contributed by atoms with Crippen molar-refractivity contribution in [2.24, 2.45) is 4.99 Å². The molecule has 1 rings (SSSR count). The van der Waals surface area contributed by atoms with Crippen LogP contribution in [0.25, 0.3) is 0 Å². The molecule has 0 saturated carbocycles. The first-order valence-corrected chi connectivity index (χ1v) is 9.78. The number of nitrogens with zero attached hydrogens (tertiary/aromatic N) is 3. The summed E-state index contributed by atoms with van der Waals surface area (Å²) in [6.45, 7) is 13.5. The molecule has 0 unspecified atom stereocenters. The summed E-state index contributed by atoms with van der Waals surface area (Å²) in [7, 11) is 0. The molecule has 8 nitrogen and oxygen atoms in total. The number of aromatic nitrogens is 2. The topological polar surface area (TPSA) is 92.6 Å². The quantitative estimate of drug-likeness (QED) is 0.196. The standard InChI is InChI=1S/C19H36N6O2.HI/c1-6-20-17(22-10-7-8-14-25-15-13-21-16(25)2)23-11-9-12-24-18(26)27-19(3,4)5;/h13,15H,6-12,14H2,1-5H3,(H,24,26)(H2,20,22,23);1H. The van der Waals surface area contributed by atoms with Crippen LogP contribution in [-0.4, -0.2) is 53.4 Å². The maximum absolute atomic E-state index is 11.6. The van der Waals surface area contributed by atoms with E-state index in [1.807, 2.05) is 47.0 Å². The number of imidazole rings is 1. The number of aryl methyl sites for hydroxylation is 2. The summed E-state index contributed by atoms with van der Waals surface area (Å²) in [6.07, 6.45) is 6.37. The lowest BCUT2D eigenvalue weighted by Crippen LogP contribution is -2.38. The predicted molar refractivity (Wildman–Crippen MR) is 124 cm³/mol. The van der Waals surface area contributed by atoms with Gasteiger partial charge in [-0.25, -0.2) is 9.78 Å². The molecule has 28 heavy (non-hydrogen) atoms. The van der Waals surface area contributed by atoms with Gasteiger partial charge in [0.1, 0.15) is 11.4 Å². The van der Waals surface area contributed by atoms with Gasteiger partial charge in [0, 0.05) is 45.1 Å². The van der Waals surface area contributed by atoms with E-state index >= 15 is 0 Å². The SMILES string of the molecule is CCNC(=NCCCNC(=O)OC(C)(C)C)NCCCCn1ccnc1C.I. The Balaban J connectivity index is 0.00000729. The van der Waals surface area contributed by atoms with Crippen LogP contribution in [0.2, 0.25) is 0 Å². The van der Waals surface area contributed by atoms with Crippen molar-refractivity contribution in [1.29, 1.82) is 0 Å². The summed E-state index contributed by atoms with van der Waals surface area (Å²) < 4.78 is 7.36. The molecule has 162 valence electrons. The third-order valence-corrected chi connectivity index (χ3v) is 3.66. The van der Waals surface area contributed by atoms with Crippen molar-refractivity contribution in [2.75, 3.05) is 26.2 Å². The van der Waals surface area contributed by atoms with E-state index in [0.29, 0.717) is 13.1 Å². The summed E-state index contributed by atoms with van der Waals surface area (Å²) in [4.78, 5) is 20.3. The molecule has 0 aliphatic heterocycles.